The zero-order valence-electron chi connectivity index (χ0n) is 17.3. The summed E-state index contributed by atoms with van der Waals surface area (Å²) in [6.45, 7) is 0.928. The Morgan fingerprint density at radius 1 is 0.968 bits per heavy atom. The fourth-order valence-corrected chi connectivity index (χ4v) is 4.54. The first kappa shape index (κ1) is 19.5. The Labute approximate surface area is 181 Å². The smallest absolute Gasteiger partial charge is 0.339 e. The van der Waals surface area contributed by atoms with Gasteiger partial charge in [0.05, 0.1) is 11.1 Å². The molecule has 1 amide bonds. The fraction of sp³-hybridized carbons (Fsp3) is 0.269. The summed E-state index contributed by atoms with van der Waals surface area (Å²) >= 11 is 0. The highest BCUT2D eigenvalue weighted by Crippen LogP contribution is 2.30. The predicted octanol–water partition coefficient (Wildman–Crippen LogP) is 4.20. The predicted molar refractivity (Wildman–Crippen MR) is 120 cm³/mol. The third kappa shape index (κ3) is 3.83. The molecule has 0 radical (unpaired) electrons. The second-order valence-electron chi connectivity index (χ2n) is 8.04. The van der Waals surface area contributed by atoms with Gasteiger partial charge in [0, 0.05) is 24.2 Å². The summed E-state index contributed by atoms with van der Waals surface area (Å²) in [5.74, 6) is -0.589. The van der Waals surface area contributed by atoms with Crippen molar-refractivity contribution in [3.05, 3.63) is 83.1 Å². The maximum absolute atomic E-state index is 13.0. The molecule has 0 fully saturated rings. The number of carbonyl (C=O) groups is 2. The molecule has 0 saturated heterocycles. The standard InChI is InChI=1S/C26H24N2O3/c29-24(28-15-13-19(14-16-28)18-7-2-1-3-8-18)17-31-26(30)25-20-9-4-5-11-22(20)27-23-12-6-10-21(23)25/h1-5,7-9,11,13H,6,10,12,14-17H2. The van der Waals surface area contributed by atoms with Gasteiger partial charge < -0.3 is 9.64 Å². The fourth-order valence-electron chi connectivity index (χ4n) is 4.54. The number of benzene rings is 2. The first-order valence-electron chi connectivity index (χ1n) is 10.8. The van der Waals surface area contributed by atoms with E-state index in [9.17, 15) is 9.59 Å². The van der Waals surface area contributed by atoms with Gasteiger partial charge in [-0.2, -0.15) is 0 Å². The summed E-state index contributed by atoms with van der Waals surface area (Å²) in [6.07, 6.45) is 5.57. The van der Waals surface area contributed by atoms with Crippen LogP contribution in [-0.2, 0) is 22.4 Å². The lowest BCUT2D eigenvalue weighted by Gasteiger charge is -2.26. The van der Waals surface area contributed by atoms with E-state index in [-0.39, 0.29) is 12.5 Å². The Kier molecular flexibility index (Phi) is 5.24. The van der Waals surface area contributed by atoms with Crippen molar-refractivity contribution < 1.29 is 14.3 Å². The summed E-state index contributed by atoms with van der Waals surface area (Å²) < 4.78 is 5.51. The van der Waals surface area contributed by atoms with Crippen LogP contribution in [0.5, 0.6) is 0 Å². The molecule has 31 heavy (non-hydrogen) atoms. The van der Waals surface area contributed by atoms with Crippen molar-refractivity contribution in [3.63, 3.8) is 0 Å². The number of aryl methyl sites for hydroxylation is 1. The molecule has 2 heterocycles. The van der Waals surface area contributed by atoms with Crippen molar-refractivity contribution in [1.82, 2.24) is 9.88 Å². The van der Waals surface area contributed by atoms with Gasteiger partial charge in [-0.05, 0) is 48.4 Å². The zero-order chi connectivity index (χ0) is 21.2. The van der Waals surface area contributed by atoms with Gasteiger partial charge in [0.2, 0.25) is 0 Å². The van der Waals surface area contributed by atoms with E-state index in [4.69, 9.17) is 9.72 Å². The summed E-state index contributed by atoms with van der Waals surface area (Å²) in [5.41, 5.74) is 5.78. The third-order valence-corrected chi connectivity index (χ3v) is 6.16. The Balaban J connectivity index is 1.28. The van der Waals surface area contributed by atoms with Crippen molar-refractivity contribution >= 4 is 28.4 Å². The average molecular weight is 412 g/mol. The molecule has 0 atom stereocenters. The molecule has 0 spiro atoms. The zero-order valence-corrected chi connectivity index (χ0v) is 17.3. The molecule has 2 aliphatic rings. The third-order valence-electron chi connectivity index (χ3n) is 6.16. The van der Waals surface area contributed by atoms with Gasteiger partial charge in [-0.25, -0.2) is 4.79 Å². The average Bonchev–Trinajstić information content (AvgIpc) is 3.29. The number of hydrogen-bond acceptors (Lipinski definition) is 4. The van der Waals surface area contributed by atoms with Crippen molar-refractivity contribution in [2.45, 2.75) is 25.7 Å². The Morgan fingerprint density at radius 2 is 1.77 bits per heavy atom. The van der Waals surface area contributed by atoms with Crippen molar-refractivity contribution in [2.24, 2.45) is 0 Å². The number of esters is 1. The van der Waals surface area contributed by atoms with Gasteiger partial charge in [-0.3, -0.25) is 9.78 Å². The van der Waals surface area contributed by atoms with E-state index >= 15 is 0 Å². The Morgan fingerprint density at radius 3 is 2.58 bits per heavy atom. The van der Waals surface area contributed by atoms with Crippen LogP contribution in [0.15, 0.2) is 60.7 Å². The molecule has 0 N–H and O–H groups in total. The highest BCUT2D eigenvalue weighted by atomic mass is 16.5. The minimum atomic E-state index is -0.428. The van der Waals surface area contributed by atoms with E-state index in [0.717, 1.165) is 47.8 Å². The number of hydrogen-bond donors (Lipinski definition) is 0. The van der Waals surface area contributed by atoms with Crippen LogP contribution >= 0.6 is 0 Å². The molecule has 1 aliphatic heterocycles. The van der Waals surface area contributed by atoms with Crippen LogP contribution in [0.4, 0.5) is 0 Å². The van der Waals surface area contributed by atoms with E-state index in [2.05, 4.69) is 18.2 Å². The molecule has 0 bridgehead atoms. The first-order chi connectivity index (χ1) is 15.2. The molecule has 1 aliphatic carbocycles. The molecule has 156 valence electrons. The number of carbonyl (C=O) groups excluding carboxylic acids is 2. The minimum absolute atomic E-state index is 0.160. The van der Waals surface area contributed by atoms with Crippen LogP contribution in [0.2, 0.25) is 0 Å². The van der Waals surface area contributed by atoms with Crippen LogP contribution in [0.3, 0.4) is 0 Å². The van der Waals surface area contributed by atoms with E-state index in [1.165, 1.54) is 11.1 Å². The minimum Gasteiger partial charge on any atom is -0.452 e. The second kappa shape index (κ2) is 8.34. The summed E-state index contributed by atoms with van der Waals surface area (Å²) in [7, 11) is 0. The Bertz CT molecular complexity index is 1180. The lowest BCUT2D eigenvalue weighted by molar-refractivity contribution is -0.134. The maximum atomic E-state index is 13.0. The van der Waals surface area contributed by atoms with Crippen LogP contribution in [-0.4, -0.2) is 41.5 Å². The van der Waals surface area contributed by atoms with Crippen LogP contribution in [0.1, 0.15) is 40.0 Å². The summed E-state index contributed by atoms with van der Waals surface area (Å²) in [4.78, 5) is 32.1. The molecule has 3 aromatic rings. The van der Waals surface area contributed by atoms with Gasteiger partial charge in [0.15, 0.2) is 6.61 Å². The number of nitrogens with zero attached hydrogens (tertiary/aromatic N) is 2. The quantitative estimate of drug-likeness (QED) is 0.603. The normalized spacial score (nSPS) is 15.5. The first-order valence-corrected chi connectivity index (χ1v) is 10.8. The van der Waals surface area contributed by atoms with Crippen LogP contribution < -0.4 is 0 Å². The number of ether oxygens (including phenoxy) is 1. The Hall–Kier alpha value is -3.47. The number of rotatable bonds is 4. The SMILES string of the molecule is O=C(OCC(=O)N1CC=C(c2ccccc2)CC1)c1c2c(nc3ccccc13)CCC2. The van der Waals surface area contributed by atoms with Crippen molar-refractivity contribution in [1.29, 1.82) is 0 Å². The molecule has 0 saturated carbocycles. The number of amides is 1. The lowest BCUT2D eigenvalue weighted by Crippen LogP contribution is -2.37. The number of fused-ring (bicyclic) bond motifs is 2. The molecular weight excluding hydrogens is 388 g/mol. The van der Waals surface area contributed by atoms with Crippen molar-refractivity contribution in [3.8, 4) is 0 Å². The number of pyridine rings is 1. The summed E-state index contributed by atoms with van der Waals surface area (Å²) in [6, 6.07) is 17.9. The lowest BCUT2D eigenvalue weighted by atomic mass is 9.99. The molecular formula is C26H24N2O3. The van der Waals surface area contributed by atoms with E-state index in [1.807, 2.05) is 42.5 Å². The van der Waals surface area contributed by atoms with E-state index < -0.39 is 5.97 Å². The van der Waals surface area contributed by atoms with Gasteiger partial charge in [-0.15, -0.1) is 0 Å². The monoisotopic (exact) mass is 412 g/mol. The number of para-hydroxylation sites is 1. The highest BCUT2D eigenvalue weighted by Gasteiger charge is 2.26. The van der Waals surface area contributed by atoms with Gasteiger partial charge in [-0.1, -0.05) is 54.6 Å². The molecule has 5 heteroatoms. The van der Waals surface area contributed by atoms with Crippen molar-refractivity contribution in [2.75, 3.05) is 19.7 Å². The summed E-state index contributed by atoms with van der Waals surface area (Å²) in [5, 5.41) is 0.800. The van der Waals surface area contributed by atoms with Crippen LogP contribution in [0.25, 0.3) is 16.5 Å². The van der Waals surface area contributed by atoms with Gasteiger partial charge in [0.1, 0.15) is 0 Å². The molecule has 5 rings (SSSR count). The molecule has 2 aromatic carbocycles. The van der Waals surface area contributed by atoms with Gasteiger partial charge >= 0.3 is 5.97 Å². The maximum Gasteiger partial charge on any atom is 0.339 e. The van der Waals surface area contributed by atoms with E-state index in [0.29, 0.717) is 18.7 Å². The number of aromatic nitrogens is 1. The largest absolute Gasteiger partial charge is 0.452 e. The molecule has 1 aromatic heterocycles. The van der Waals surface area contributed by atoms with Gasteiger partial charge in [0.25, 0.3) is 5.91 Å². The van der Waals surface area contributed by atoms with E-state index in [1.54, 1.807) is 4.90 Å². The second-order valence-corrected chi connectivity index (χ2v) is 8.04. The topological polar surface area (TPSA) is 59.5 Å². The van der Waals surface area contributed by atoms with Crippen LogP contribution in [0, 0.1) is 0 Å². The highest BCUT2D eigenvalue weighted by molar-refractivity contribution is 6.05. The molecule has 5 nitrogen and oxygen atoms in total. The molecule has 0 unspecified atom stereocenters.